The molecule has 0 bridgehead atoms. The summed E-state index contributed by atoms with van der Waals surface area (Å²) in [5, 5.41) is 12.3. The van der Waals surface area contributed by atoms with Crippen LogP contribution in [-0.4, -0.2) is 36.0 Å². The van der Waals surface area contributed by atoms with Crippen molar-refractivity contribution in [3.63, 3.8) is 0 Å². The Morgan fingerprint density at radius 2 is 2.00 bits per heavy atom. The van der Waals surface area contributed by atoms with E-state index in [1.807, 2.05) is 0 Å². The average molecular weight is 383 g/mol. The summed E-state index contributed by atoms with van der Waals surface area (Å²) >= 11 is 0. The van der Waals surface area contributed by atoms with Gasteiger partial charge in [0.05, 0.1) is 11.6 Å². The number of hydrogen-bond acceptors (Lipinski definition) is 5. The molecular formula is C21H25N3O4. The maximum Gasteiger partial charge on any atom is 0.338 e. The normalized spacial score (nSPS) is 19.6. The molecule has 0 unspecified atom stereocenters. The predicted molar refractivity (Wildman–Crippen MR) is 102 cm³/mol. The Bertz CT molecular complexity index is 808. The first kappa shape index (κ1) is 19.9. The van der Waals surface area contributed by atoms with Crippen LogP contribution in [0.15, 0.2) is 24.3 Å². The van der Waals surface area contributed by atoms with Crippen LogP contribution in [-0.2, 0) is 14.3 Å². The van der Waals surface area contributed by atoms with E-state index in [0.29, 0.717) is 31.5 Å². The Morgan fingerprint density at radius 3 is 2.64 bits per heavy atom. The van der Waals surface area contributed by atoms with Gasteiger partial charge in [-0.2, -0.15) is 5.26 Å². The van der Waals surface area contributed by atoms with Crippen molar-refractivity contribution in [1.29, 1.82) is 5.26 Å². The molecule has 0 radical (unpaired) electrons. The van der Waals surface area contributed by atoms with Crippen LogP contribution in [0.1, 0.15) is 62.2 Å². The second-order valence-corrected chi connectivity index (χ2v) is 7.49. The lowest BCUT2D eigenvalue weighted by molar-refractivity contribution is -0.130. The Labute approximate surface area is 164 Å². The van der Waals surface area contributed by atoms with E-state index >= 15 is 0 Å². The molecule has 2 aliphatic rings. The third-order valence-corrected chi connectivity index (χ3v) is 5.40. The van der Waals surface area contributed by atoms with Gasteiger partial charge in [0.15, 0.2) is 6.10 Å². The number of carbonyl (C=O) groups is 3. The molecule has 0 aromatic heterocycles. The lowest BCUT2D eigenvalue weighted by Gasteiger charge is -2.32. The van der Waals surface area contributed by atoms with Gasteiger partial charge in [-0.25, -0.2) is 4.79 Å². The highest BCUT2D eigenvalue weighted by molar-refractivity contribution is 5.98. The molecule has 1 aliphatic heterocycles. The highest BCUT2D eigenvalue weighted by atomic mass is 16.5. The summed E-state index contributed by atoms with van der Waals surface area (Å²) in [5.74, 6) is -1.07. The molecule has 1 saturated carbocycles. The van der Waals surface area contributed by atoms with Crippen molar-refractivity contribution in [1.82, 2.24) is 5.32 Å². The van der Waals surface area contributed by atoms with Gasteiger partial charge in [0.2, 0.25) is 5.91 Å². The highest BCUT2D eigenvalue weighted by Crippen LogP contribution is 2.28. The van der Waals surface area contributed by atoms with E-state index in [1.54, 1.807) is 29.2 Å². The number of anilines is 1. The van der Waals surface area contributed by atoms with Gasteiger partial charge in [-0.3, -0.25) is 9.59 Å². The number of amides is 2. The van der Waals surface area contributed by atoms with Crippen LogP contribution in [0.2, 0.25) is 0 Å². The fraction of sp³-hybridized carbons (Fsp3) is 0.524. The molecular weight excluding hydrogens is 358 g/mol. The lowest BCUT2D eigenvalue weighted by atomic mass is 9.83. The molecule has 7 heteroatoms. The van der Waals surface area contributed by atoms with Crippen molar-refractivity contribution < 1.29 is 19.1 Å². The number of nitrogens with one attached hydrogen (secondary N) is 1. The fourth-order valence-corrected chi connectivity index (χ4v) is 3.76. The summed E-state index contributed by atoms with van der Waals surface area (Å²) in [6, 6.07) is 8.88. The number of nitrogens with zero attached hydrogens (tertiary/aromatic N) is 2. The first-order valence-electron chi connectivity index (χ1n) is 9.79. The second kappa shape index (κ2) is 8.42. The minimum Gasteiger partial charge on any atom is -0.449 e. The van der Waals surface area contributed by atoms with E-state index in [-0.39, 0.29) is 11.5 Å². The van der Waals surface area contributed by atoms with Crippen molar-refractivity contribution in [2.24, 2.45) is 0 Å². The molecule has 0 spiro atoms. The van der Waals surface area contributed by atoms with E-state index in [9.17, 15) is 19.6 Å². The van der Waals surface area contributed by atoms with E-state index in [4.69, 9.17) is 4.74 Å². The van der Waals surface area contributed by atoms with Gasteiger partial charge in [0.25, 0.3) is 5.91 Å². The van der Waals surface area contributed by atoms with E-state index in [1.165, 1.54) is 6.92 Å². The van der Waals surface area contributed by atoms with Crippen molar-refractivity contribution in [2.75, 3.05) is 11.4 Å². The summed E-state index contributed by atoms with van der Waals surface area (Å²) in [4.78, 5) is 38.5. The topological polar surface area (TPSA) is 99.5 Å². The fourth-order valence-electron chi connectivity index (χ4n) is 3.76. The Kier molecular flexibility index (Phi) is 5.98. The molecule has 2 fully saturated rings. The molecule has 1 aromatic carbocycles. The smallest absolute Gasteiger partial charge is 0.338 e. The number of nitriles is 1. The van der Waals surface area contributed by atoms with Gasteiger partial charge >= 0.3 is 5.97 Å². The predicted octanol–water partition coefficient (Wildman–Crippen LogP) is 2.70. The number of rotatable bonds is 5. The van der Waals surface area contributed by atoms with Gasteiger partial charge < -0.3 is 15.0 Å². The number of esters is 1. The Balaban J connectivity index is 1.63. The zero-order valence-electron chi connectivity index (χ0n) is 16.1. The van der Waals surface area contributed by atoms with Crippen molar-refractivity contribution in [3.8, 4) is 6.07 Å². The van der Waals surface area contributed by atoms with Crippen LogP contribution in [0.4, 0.5) is 5.69 Å². The van der Waals surface area contributed by atoms with Crippen LogP contribution in [0, 0.1) is 11.3 Å². The van der Waals surface area contributed by atoms with Gasteiger partial charge in [0.1, 0.15) is 5.54 Å². The Hall–Kier alpha value is -2.88. The monoisotopic (exact) mass is 383 g/mol. The summed E-state index contributed by atoms with van der Waals surface area (Å²) < 4.78 is 5.31. The quantitative estimate of drug-likeness (QED) is 0.788. The minimum atomic E-state index is -1.02. The molecule has 7 nitrogen and oxygen atoms in total. The third-order valence-electron chi connectivity index (χ3n) is 5.40. The lowest BCUT2D eigenvalue weighted by Crippen LogP contribution is -2.52. The van der Waals surface area contributed by atoms with E-state index in [0.717, 1.165) is 25.7 Å². The molecule has 1 N–H and O–H groups in total. The minimum absolute atomic E-state index is 0.0348. The summed E-state index contributed by atoms with van der Waals surface area (Å²) in [6.07, 6.45) is 4.35. The van der Waals surface area contributed by atoms with Crippen LogP contribution >= 0.6 is 0 Å². The van der Waals surface area contributed by atoms with Gasteiger partial charge in [-0.15, -0.1) is 0 Å². The third kappa shape index (κ3) is 4.33. The van der Waals surface area contributed by atoms with Gasteiger partial charge in [0, 0.05) is 18.7 Å². The van der Waals surface area contributed by atoms with E-state index < -0.39 is 23.5 Å². The zero-order valence-corrected chi connectivity index (χ0v) is 16.1. The van der Waals surface area contributed by atoms with Crippen molar-refractivity contribution in [3.05, 3.63) is 29.8 Å². The maximum absolute atomic E-state index is 12.5. The summed E-state index contributed by atoms with van der Waals surface area (Å²) in [6.45, 7) is 2.13. The maximum atomic E-state index is 12.5. The zero-order chi connectivity index (χ0) is 20.1. The molecule has 1 saturated heterocycles. The molecule has 148 valence electrons. The molecule has 1 atom stereocenters. The van der Waals surface area contributed by atoms with Crippen LogP contribution in [0.3, 0.4) is 0 Å². The van der Waals surface area contributed by atoms with Crippen LogP contribution in [0.25, 0.3) is 0 Å². The number of benzene rings is 1. The number of hydrogen-bond donors (Lipinski definition) is 1. The van der Waals surface area contributed by atoms with Gasteiger partial charge in [-0.05, 0) is 44.4 Å². The van der Waals surface area contributed by atoms with Gasteiger partial charge in [-0.1, -0.05) is 25.3 Å². The first-order chi connectivity index (χ1) is 13.4. The van der Waals surface area contributed by atoms with Crippen LogP contribution < -0.4 is 10.2 Å². The molecule has 28 heavy (non-hydrogen) atoms. The molecule has 1 heterocycles. The largest absolute Gasteiger partial charge is 0.449 e. The number of carbonyl (C=O) groups excluding carboxylic acids is 3. The standard InChI is InChI=1S/C21H25N3O4/c1-15(19(26)23-21(14-22)10-3-2-4-11-21)28-20(27)16-7-5-8-17(13-16)24-12-6-9-18(24)25/h5,7-8,13,15H,2-4,6,9-12H2,1H3,(H,23,26)/t15-/m0/s1. The summed E-state index contributed by atoms with van der Waals surface area (Å²) in [7, 11) is 0. The average Bonchev–Trinajstić information content (AvgIpc) is 3.14. The van der Waals surface area contributed by atoms with Crippen LogP contribution in [0.5, 0.6) is 0 Å². The molecule has 1 aromatic rings. The van der Waals surface area contributed by atoms with E-state index in [2.05, 4.69) is 11.4 Å². The highest BCUT2D eigenvalue weighted by Gasteiger charge is 2.35. The SMILES string of the molecule is C[C@H](OC(=O)c1cccc(N2CCCC2=O)c1)C(=O)NC1(C#N)CCCCC1. The first-order valence-corrected chi connectivity index (χ1v) is 9.79. The van der Waals surface area contributed by atoms with Crippen molar-refractivity contribution >= 4 is 23.5 Å². The molecule has 1 aliphatic carbocycles. The summed E-state index contributed by atoms with van der Waals surface area (Å²) in [5.41, 5.74) is 0.0654. The van der Waals surface area contributed by atoms with Crippen molar-refractivity contribution in [2.45, 2.75) is 63.5 Å². The molecule has 2 amide bonds. The molecule has 3 rings (SSSR count). The Morgan fingerprint density at radius 1 is 1.25 bits per heavy atom. The second-order valence-electron chi connectivity index (χ2n) is 7.49. The number of ether oxygens (including phenoxy) is 1.